The van der Waals surface area contributed by atoms with Gasteiger partial charge in [0.2, 0.25) is 0 Å². The molecule has 0 radical (unpaired) electrons. The van der Waals surface area contributed by atoms with Gasteiger partial charge in [0.15, 0.2) is 16.6 Å². The number of hydrogen-bond donors (Lipinski definition) is 4. The normalized spacial score (nSPS) is 11.4. The van der Waals surface area contributed by atoms with Crippen molar-refractivity contribution in [1.29, 1.82) is 0 Å². The molecule has 0 amide bonds. The molecule has 0 aliphatic heterocycles. The van der Waals surface area contributed by atoms with Crippen molar-refractivity contribution < 1.29 is 15.0 Å². The third kappa shape index (κ3) is 4.73. The van der Waals surface area contributed by atoms with Crippen molar-refractivity contribution in [1.82, 2.24) is 15.2 Å². The molecule has 0 aliphatic rings. The van der Waals surface area contributed by atoms with E-state index >= 15 is 0 Å². The molecule has 3 rings (SSSR count). The van der Waals surface area contributed by atoms with Gasteiger partial charge in [-0.1, -0.05) is 29.3 Å². The van der Waals surface area contributed by atoms with E-state index in [0.717, 1.165) is 11.3 Å². The second kappa shape index (κ2) is 9.00. The molecule has 4 N–H and O–H groups in total. The number of nitrogens with one attached hydrogen (secondary N) is 2. The van der Waals surface area contributed by atoms with Gasteiger partial charge in [0.25, 0.3) is 0 Å². The third-order valence-corrected chi connectivity index (χ3v) is 5.86. The van der Waals surface area contributed by atoms with Gasteiger partial charge in [-0.2, -0.15) is 10.2 Å². The monoisotopic (exact) mass is 483 g/mol. The summed E-state index contributed by atoms with van der Waals surface area (Å²) in [7, 11) is 1.69. The van der Waals surface area contributed by atoms with E-state index < -0.39 is 5.97 Å². The van der Waals surface area contributed by atoms with Gasteiger partial charge in [-0.3, -0.25) is 10.1 Å². The number of thiocarbonyl (C=S) groups is 1. The Bertz CT molecular complexity index is 1170. The molecule has 1 aromatic carbocycles. The SMILES string of the molecule is CC(=NNC(=S)Nc1ccc(C(=O)O)s1)c1nn(C)c(-c2ccc(Cl)c(Cl)c2)c1O. The van der Waals surface area contributed by atoms with E-state index in [1.807, 2.05) is 0 Å². The van der Waals surface area contributed by atoms with Crippen LogP contribution >= 0.6 is 46.8 Å². The highest BCUT2D eigenvalue weighted by Gasteiger charge is 2.20. The Morgan fingerprint density at radius 3 is 2.63 bits per heavy atom. The average Bonchev–Trinajstić information content (AvgIpc) is 3.26. The number of thiophene rings is 1. The molecule has 0 aliphatic carbocycles. The summed E-state index contributed by atoms with van der Waals surface area (Å²) in [6.45, 7) is 1.66. The quantitative estimate of drug-likeness (QED) is 0.239. The van der Waals surface area contributed by atoms with Gasteiger partial charge in [-0.25, -0.2) is 4.79 Å². The highest BCUT2D eigenvalue weighted by molar-refractivity contribution is 7.80. The average molecular weight is 484 g/mol. The minimum absolute atomic E-state index is 0.0674. The van der Waals surface area contributed by atoms with Crippen LogP contribution in [0, 0.1) is 0 Å². The summed E-state index contributed by atoms with van der Waals surface area (Å²) in [6.07, 6.45) is 0. The van der Waals surface area contributed by atoms with Crippen molar-refractivity contribution in [2.45, 2.75) is 6.92 Å². The molecule has 2 heterocycles. The fourth-order valence-electron chi connectivity index (χ4n) is 2.57. The molecule has 8 nitrogen and oxygen atoms in total. The summed E-state index contributed by atoms with van der Waals surface area (Å²) in [6, 6.07) is 8.08. The molecule has 0 saturated carbocycles. The van der Waals surface area contributed by atoms with E-state index in [9.17, 15) is 9.90 Å². The molecular formula is C18H15Cl2N5O3S2. The lowest BCUT2D eigenvalue weighted by Crippen LogP contribution is -2.24. The molecule has 2 aromatic heterocycles. The van der Waals surface area contributed by atoms with Gasteiger partial charge in [-0.05, 0) is 43.4 Å². The Morgan fingerprint density at radius 2 is 2.00 bits per heavy atom. The number of hydrogen-bond acceptors (Lipinski definition) is 6. The Kier molecular flexibility index (Phi) is 6.61. The van der Waals surface area contributed by atoms with Crippen LogP contribution < -0.4 is 10.7 Å². The Labute approximate surface area is 190 Å². The second-order valence-corrected chi connectivity index (χ2v) is 8.34. The molecular weight excluding hydrogens is 469 g/mol. The number of aromatic nitrogens is 2. The molecule has 30 heavy (non-hydrogen) atoms. The van der Waals surface area contributed by atoms with E-state index in [1.54, 1.807) is 38.2 Å². The molecule has 0 saturated heterocycles. The molecule has 0 bridgehead atoms. The number of benzene rings is 1. The molecule has 0 atom stereocenters. The summed E-state index contributed by atoms with van der Waals surface area (Å²) < 4.78 is 1.51. The first-order valence-corrected chi connectivity index (χ1v) is 10.3. The van der Waals surface area contributed by atoms with Crippen molar-refractivity contribution in [3.05, 3.63) is 50.9 Å². The van der Waals surface area contributed by atoms with Crippen molar-refractivity contribution in [2.24, 2.45) is 12.1 Å². The highest BCUT2D eigenvalue weighted by atomic mass is 35.5. The molecule has 156 valence electrons. The van der Waals surface area contributed by atoms with Crippen LogP contribution in [-0.4, -0.2) is 36.8 Å². The van der Waals surface area contributed by atoms with E-state index in [1.165, 1.54) is 10.7 Å². The summed E-state index contributed by atoms with van der Waals surface area (Å²) in [4.78, 5) is 11.1. The van der Waals surface area contributed by atoms with Gasteiger partial charge in [0, 0.05) is 12.6 Å². The van der Waals surface area contributed by atoms with E-state index in [2.05, 4.69) is 20.9 Å². The zero-order valence-corrected chi connectivity index (χ0v) is 18.7. The van der Waals surface area contributed by atoms with Crippen LogP contribution in [0.1, 0.15) is 22.3 Å². The highest BCUT2D eigenvalue weighted by Crippen LogP contribution is 2.35. The topological polar surface area (TPSA) is 112 Å². The number of carboxylic acid groups (broad SMARTS) is 1. The van der Waals surface area contributed by atoms with Gasteiger partial charge in [0.05, 0.1) is 20.8 Å². The first-order valence-electron chi connectivity index (χ1n) is 8.33. The van der Waals surface area contributed by atoms with Crippen LogP contribution in [0.2, 0.25) is 10.0 Å². The number of anilines is 1. The van der Waals surface area contributed by atoms with Crippen LogP contribution in [-0.2, 0) is 7.05 Å². The number of hydrazone groups is 1. The standard InChI is InChI=1S/C18H15Cl2N5O3S2/c1-8(22-23-18(29)21-13-6-5-12(30-13)17(27)28)14-16(26)15(25(2)24-14)9-3-4-10(19)11(20)7-9/h3-7,26H,1-2H3,(H,27,28)(H2,21,23,29). The van der Waals surface area contributed by atoms with E-state index in [4.69, 9.17) is 40.5 Å². The number of rotatable bonds is 5. The molecule has 12 heteroatoms. The minimum Gasteiger partial charge on any atom is -0.504 e. The zero-order chi connectivity index (χ0) is 22.0. The minimum atomic E-state index is -1.01. The Hall–Kier alpha value is -2.66. The maximum Gasteiger partial charge on any atom is 0.345 e. The van der Waals surface area contributed by atoms with Crippen LogP contribution in [0.15, 0.2) is 35.4 Å². The molecule has 0 fully saturated rings. The number of nitrogens with zero attached hydrogens (tertiary/aromatic N) is 3. The summed E-state index contributed by atoms with van der Waals surface area (Å²) in [5.74, 6) is -1.08. The number of carbonyl (C=O) groups is 1. The summed E-state index contributed by atoms with van der Waals surface area (Å²) in [5.41, 5.74) is 4.40. The van der Waals surface area contributed by atoms with Gasteiger partial charge < -0.3 is 15.5 Å². The maximum absolute atomic E-state index is 10.9. The van der Waals surface area contributed by atoms with Gasteiger partial charge >= 0.3 is 5.97 Å². The fraction of sp³-hybridized carbons (Fsp3) is 0.111. The van der Waals surface area contributed by atoms with Crippen LogP contribution in [0.4, 0.5) is 5.00 Å². The fourth-order valence-corrected chi connectivity index (χ4v) is 3.84. The summed E-state index contributed by atoms with van der Waals surface area (Å²) in [5, 5.41) is 32.4. The maximum atomic E-state index is 10.9. The predicted molar refractivity (Wildman–Crippen MR) is 123 cm³/mol. The predicted octanol–water partition coefficient (Wildman–Crippen LogP) is 4.57. The van der Waals surface area contributed by atoms with Crippen molar-refractivity contribution >= 4 is 68.6 Å². The lowest BCUT2D eigenvalue weighted by molar-refractivity contribution is 0.0702. The number of aromatic carboxylic acids is 1. The van der Waals surface area contributed by atoms with Gasteiger partial charge in [-0.15, -0.1) is 11.3 Å². The summed E-state index contributed by atoms with van der Waals surface area (Å²) >= 11 is 18.2. The Morgan fingerprint density at radius 1 is 1.27 bits per heavy atom. The lowest BCUT2D eigenvalue weighted by Gasteiger charge is -2.05. The molecule has 0 unspecified atom stereocenters. The van der Waals surface area contributed by atoms with E-state index in [0.29, 0.717) is 32.0 Å². The first kappa shape index (κ1) is 22.0. The Balaban J connectivity index is 1.76. The van der Waals surface area contributed by atoms with Crippen LogP contribution in [0.5, 0.6) is 5.75 Å². The molecule has 3 aromatic rings. The molecule has 0 spiro atoms. The van der Waals surface area contributed by atoms with Crippen LogP contribution in [0.25, 0.3) is 11.3 Å². The number of aryl methyl sites for hydroxylation is 1. The second-order valence-electron chi connectivity index (χ2n) is 6.03. The van der Waals surface area contributed by atoms with E-state index in [-0.39, 0.29) is 21.4 Å². The van der Waals surface area contributed by atoms with Crippen molar-refractivity contribution in [3.63, 3.8) is 0 Å². The van der Waals surface area contributed by atoms with Crippen molar-refractivity contribution in [3.8, 4) is 17.0 Å². The third-order valence-electron chi connectivity index (χ3n) is 3.94. The van der Waals surface area contributed by atoms with Crippen LogP contribution in [0.3, 0.4) is 0 Å². The van der Waals surface area contributed by atoms with Gasteiger partial charge in [0.1, 0.15) is 10.6 Å². The largest absolute Gasteiger partial charge is 0.504 e. The number of aromatic hydroxyl groups is 1. The van der Waals surface area contributed by atoms with Crippen molar-refractivity contribution in [2.75, 3.05) is 5.32 Å². The number of carboxylic acids is 1. The smallest absolute Gasteiger partial charge is 0.345 e. The first-order chi connectivity index (χ1) is 14.2. The zero-order valence-electron chi connectivity index (χ0n) is 15.6. The number of halogens is 2. The lowest BCUT2D eigenvalue weighted by atomic mass is 10.1.